The molecule has 0 heterocycles. The first-order valence-electron chi connectivity index (χ1n) is 4.43. The quantitative estimate of drug-likeness (QED) is 0.590. The van der Waals surface area contributed by atoms with Gasteiger partial charge in [0.1, 0.15) is 0 Å². The molecule has 0 aromatic carbocycles. The Hall–Kier alpha value is -0.326. The van der Waals surface area contributed by atoms with Gasteiger partial charge in [0.05, 0.1) is 0 Å². The molecule has 0 aromatic rings. The Morgan fingerprint density at radius 2 is 1.58 bits per heavy atom. The van der Waals surface area contributed by atoms with Gasteiger partial charge in [-0.3, -0.25) is 0 Å². The minimum absolute atomic E-state index is 0. The molecule has 0 spiro atoms. The van der Waals surface area contributed by atoms with E-state index in [0.29, 0.717) is 0 Å². The topological polar surface area (TPSA) is 0 Å². The van der Waals surface area contributed by atoms with Crippen LogP contribution in [0.15, 0.2) is 44.2 Å². The van der Waals surface area contributed by atoms with Crippen molar-refractivity contribution in [3.05, 3.63) is 44.2 Å². The number of rotatable bonds is 2. The molecule has 0 N–H and O–H groups in total. The van der Waals surface area contributed by atoms with Gasteiger partial charge in [-0.05, 0) is 0 Å². The van der Waals surface area contributed by atoms with Crippen molar-refractivity contribution in [2.24, 2.45) is 0 Å². The van der Waals surface area contributed by atoms with Crippen LogP contribution >= 0.6 is 0 Å². The van der Waals surface area contributed by atoms with E-state index in [4.69, 9.17) is 0 Å². The summed E-state index contributed by atoms with van der Waals surface area (Å²) < 4.78 is 3.45. The Balaban J connectivity index is 0.000000845. The maximum Gasteiger partial charge on any atom is -1.00 e. The fourth-order valence-corrected chi connectivity index (χ4v) is 4.71. The zero-order valence-electron chi connectivity index (χ0n) is 8.38. The Labute approximate surface area is 81.7 Å². The van der Waals surface area contributed by atoms with Crippen LogP contribution in [0.25, 0.3) is 0 Å². The van der Waals surface area contributed by atoms with E-state index in [1.54, 1.807) is 7.76 Å². The predicted molar refractivity (Wildman–Crippen MR) is 50.7 cm³/mol. The van der Waals surface area contributed by atoms with E-state index in [-0.39, 0.29) is 1.43 Å². The summed E-state index contributed by atoms with van der Waals surface area (Å²) in [6.45, 7) is 0. The van der Waals surface area contributed by atoms with E-state index in [9.17, 15) is 0 Å². The molecule has 0 amide bonds. The molecule has 0 unspecified atom stereocenters. The summed E-state index contributed by atoms with van der Waals surface area (Å²) in [5, 5.41) is 2.47. The molecule has 0 radical (unpaired) electrons. The summed E-state index contributed by atoms with van der Waals surface area (Å²) in [6, 6.07) is 0. The van der Waals surface area contributed by atoms with Crippen LogP contribution in [0.4, 0.5) is 0 Å². The molecule has 0 bridgehead atoms. The fraction of sp³-hybridized carbons (Fsp3) is 0.273. The second kappa shape index (κ2) is 3.59. The van der Waals surface area contributed by atoms with E-state index in [2.05, 4.69) is 41.7 Å². The van der Waals surface area contributed by atoms with Crippen LogP contribution in [-0.4, -0.2) is 0 Å². The molecule has 0 nitrogen and oxygen atoms in total. The SMILES string of the molecule is [CH3][Ti+]([C]1=CC=CC1)[C]1=CC=CC1.[H-]. The molecule has 0 fully saturated rings. The average Bonchev–Trinajstić information content (AvgIpc) is 2.77. The number of hydrogen-bond acceptors (Lipinski definition) is 0. The van der Waals surface area contributed by atoms with Crippen LogP contribution in [0.2, 0.25) is 5.23 Å². The van der Waals surface area contributed by atoms with E-state index in [0.717, 1.165) is 0 Å². The summed E-state index contributed by atoms with van der Waals surface area (Å²) >= 11 is -0.981. The Bertz CT molecular complexity index is 267. The van der Waals surface area contributed by atoms with Crippen molar-refractivity contribution in [3.8, 4) is 0 Å². The van der Waals surface area contributed by atoms with Crippen LogP contribution < -0.4 is 0 Å². The van der Waals surface area contributed by atoms with Gasteiger partial charge in [0.15, 0.2) is 0 Å². The third kappa shape index (κ3) is 1.55. The summed E-state index contributed by atoms with van der Waals surface area (Å²) in [7, 11) is 0. The van der Waals surface area contributed by atoms with Gasteiger partial charge in [0, 0.05) is 0 Å². The van der Waals surface area contributed by atoms with Crippen molar-refractivity contribution in [2.45, 2.75) is 18.1 Å². The van der Waals surface area contributed by atoms with Crippen molar-refractivity contribution in [1.29, 1.82) is 0 Å². The second-order valence-corrected chi connectivity index (χ2v) is 7.23. The van der Waals surface area contributed by atoms with Gasteiger partial charge >= 0.3 is 80.2 Å². The monoisotopic (exact) mass is 194 g/mol. The fourth-order valence-electron chi connectivity index (χ4n) is 1.66. The zero-order valence-corrected chi connectivity index (χ0v) is 8.94. The van der Waals surface area contributed by atoms with Crippen LogP contribution in [0, 0.1) is 0 Å². The molecule has 62 valence electrons. The van der Waals surface area contributed by atoms with Gasteiger partial charge in [-0.25, -0.2) is 0 Å². The van der Waals surface area contributed by atoms with Gasteiger partial charge in [0.25, 0.3) is 0 Å². The van der Waals surface area contributed by atoms with Gasteiger partial charge in [0.2, 0.25) is 0 Å². The van der Waals surface area contributed by atoms with Crippen molar-refractivity contribution in [2.75, 3.05) is 0 Å². The molecule has 0 saturated carbocycles. The predicted octanol–water partition coefficient (Wildman–Crippen LogP) is 3.45. The summed E-state index contributed by atoms with van der Waals surface area (Å²) in [4.78, 5) is 0. The maximum atomic E-state index is 2.47. The van der Waals surface area contributed by atoms with Crippen molar-refractivity contribution in [3.63, 3.8) is 0 Å². The zero-order chi connectivity index (χ0) is 8.39. The summed E-state index contributed by atoms with van der Waals surface area (Å²) in [5.74, 6) is 0. The summed E-state index contributed by atoms with van der Waals surface area (Å²) in [6.07, 6.45) is 16.1. The van der Waals surface area contributed by atoms with Crippen LogP contribution in [0.5, 0.6) is 0 Å². The molecule has 0 aliphatic heterocycles. The molecule has 2 aliphatic rings. The van der Waals surface area contributed by atoms with Gasteiger partial charge in [-0.2, -0.15) is 0 Å². The maximum absolute atomic E-state index is 2.47. The van der Waals surface area contributed by atoms with Crippen LogP contribution in [0.1, 0.15) is 14.3 Å². The number of hydrogen-bond donors (Lipinski definition) is 0. The first-order valence-corrected chi connectivity index (χ1v) is 7.56. The van der Waals surface area contributed by atoms with Crippen molar-refractivity contribution >= 4 is 0 Å². The second-order valence-electron chi connectivity index (χ2n) is 3.27. The standard InChI is InChI=1S/2C5H5.CH3.Ti.H/c2*1-2-4-5-3-1;;;/h2*1-3H,4H2;1H3;;/q;;;+1;-1. The van der Waals surface area contributed by atoms with E-state index < -0.39 is 17.9 Å². The normalized spacial score (nSPS) is 19.8. The Morgan fingerprint density at radius 3 is 1.92 bits per heavy atom. The third-order valence-electron chi connectivity index (χ3n) is 2.51. The average molecular weight is 194 g/mol. The van der Waals surface area contributed by atoms with Crippen LogP contribution in [0.3, 0.4) is 0 Å². The molecule has 12 heavy (non-hydrogen) atoms. The molecular formula is C11H14Ti. The minimum Gasteiger partial charge on any atom is -1.00 e. The first-order chi connectivity index (χ1) is 5.88. The third-order valence-corrected chi connectivity index (χ3v) is 6.67. The molecular weight excluding hydrogens is 180 g/mol. The van der Waals surface area contributed by atoms with E-state index in [1.165, 1.54) is 12.8 Å². The minimum atomic E-state index is -0.981. The van der Waals surface area contributed by atoms with Crippen LogP contribution in [-0.2, 0) is 17.9 Å². The Morgan fingerprint density at radius 1 is 1.08 bits per heavy atom. The largest absolute Gasteiger partial charge is 1.00 e. The van der Waals surface area contributed by atoms with E-state index >= 15 is 0 Å². The smallest absolute Gasteiger partial charge is 1.00 e. The van der Waals surface area contributed by atoms with Crippen molar-refractivity contribution < 1.29 is 19.3 Å². The molecule has 1 heteroatoms. The van der Waals surface area contributed by atoms with Gasteiger partial charge in [-0.1, -0.05) is 0 Å². The molecule has 0 aromatic heterocycles. The summed E-state index contributed by atoms with van der Waals surface area (Å²) in [5.41, 5.74) is 0. The number of allylic oxidation sites excluding steroid dienone is 8. The molecule has 2 rings (SSSR count). The van der Waals surface area contributed by atoms with Gasteiger partial charge in [-0.15, -0.1) is 0 Å². The van der Waals surface area contributed by atoms with E-state index in [1.807, 2.05) is 0 Å². The molecule has 0 saturated heterocycles. The molecule has 2 aliphatic carbocycles. The van der Waals surface area contributed by atoms with Gasteiger partial charge < -0.3 is 1.43 Å². The van der Waals surface area contributed by atoms with Crippen molar-refractivity contribution in [1.82, 2.24) is 0 Å². The molecule has 0 atom stereocenters. The first kappa shape index (κ1) is 8.28. The Kier molecular flexibility index (Phi) is 2.48.